The predicted octanol–water partition coefficient (Wildman–Crippen LogP) is 2.48. The van der Waals surface area contributed by atoms with Crippen LogP contribution in [0.15, 0.2) is 41.3 Å². The van der Waals surface area contributed by atoms with E-state index >= 15 is 0 Å². The number of hydrogen-bond acceptors (Lipinski definition) is 4. The van der Waals surface area contributed by atoms with E-state index in [1.54, 1.807) is 17.0 Å². The minimum Gasteiger partial charge on any atom is -0.494 e. The fraction of sp³-hybridized carbons (Fsp3) is 0.421. The van der Waals surface area contributed by atoms with Gasteiger partial charge in [0.05, 0.1) is 11.5 Å². The van der Waals surface area contributed by atoms with Crippen molar-refractivity contribution in [1.82, 2.24) is 9.21 Å². The molecule has 0 bridgehead atoms. The van der Waals surface area contributed by atoms with Gasteiger partial charge in [-0.3, -0.25) is 4.79 Å². The van der Waals surface area contributed by atoms with Crippen molar-refractivity contribution in [2.24, 2.45) is 0 Å². The van der Waals surface area contributed by atoms with Crippen molar-refractivity contribution in [3.05, 3.63) is 36.4 Å². The van der Waals surface area contributed by atoms with Crippen LogP contribution in [0.5, 0.6) is 5.75 Å². The first kappa shape index (κ1) is 18.7. The van der Waals surface area contributed by atoms with Crippen LogP contribution in [0, 0.1) is 0 Å². The van der Waals surface area contributed by atoms with Gasteiger partial charge >= 0.3 is 0 Å². The smallest absolute Gasteiger partial charge is 0.243 e. The first-order chi connectivity index (χ1) is 12.4. The summed E-state index contributed by atoms with van der Waals surface area (Å²) in [4.78, 5) is 13.4. The van der Waals surface area contributed by atoms with Crippen molar-refractivity contribution < 1.29 is 17.9 Å². The third-order valence-electron chi connectivity index (χ3n) is 4.58. The average Bonchev–Trinajstić information content (AvgIpc) is 2.65. The van der Waals surface area contributed by atoms with E-state index in [9.17, 15) is 13.2 Å². The van der Waals surface area contributed by atoms with E-state index in [1.807, 2.05) is 24.3 Å². The van der Waals surface area contributed by atoms with Crippen LogP contribution >= 0.6 is 0 Å². The van der Waals surface area contributed by atoms with Gasteiger partial charge in [0, 0.05) is 33.1 Å². The number of amides is 1. The molecule has 0 N–H and O–H groups in total. The Morgan fingerprint density at radius 3 is 2.35 bits per heavy atom. The molecule has 3 rings (SSSR count). The van der Waals surface area contributed by atoms with Gasteiger partial charge < -0.3 is 9.64 Å². The van der Waals surface area contributed by atoms with Crippen LogP contribution in [0.1, 0.15) is 20.3 Å². The van der Waals surface area contributed by atoms with E-state index in [0.717, 1.165) is 22.9 Å². The molecule has 0 atom stereocenters. The van der Waals surface area contributed by atoms with Gasteiger partial charge in [0.2, 0.25) is 15.9 Å². The van der Waals surface area contributed by atoms with Crippen molar-refractivity contribution in [2.75, 3.05) is 32.8 Å². The molecule has 1 heterocycles. The molecule has 0 spiro atoms. The van der Waals surface area contributed by atoms with E-state index < -0.39 is 10.0 Å². The maximum Gasteiger partial charge on any atom is 0.243 e. The largest absolute Gasteiger partial charge is 0.494 e. The molecule has 0 aliphatic carbocycles. The predicted molar refractivity (Wildman–Crippen MR) is 101 cm³/mol. The molecule has 2 aromatic rings. The van der Waals surface area contributed by atoms with Crippen LogP contribution < -0.4 is 4.74 Å². The van der Waals surface area contributed by atoms with E-state index in [4.69, 9.17) is 4.74 Å². The quantitative estimate of drug-likeness (QED) is 0.804. The molecule has 0 unspecified atom stereocenters. The number of nitrogens with zero attached hydrogens (tertiary/aromatic N) is 2. The Morgan fingerprint density at radius 1 is 1.04 bits per heavy atom. The van der Waals surface area contributed by atoms with E-state index in [1.165, 1.54) is 11.2 Å². The van der Waals surface area contributed by atoms with Crippen LogP contribution in [0.25, 0.3) is 10.8 Å². The van der Waals surface area contributed by atoms with E-state index in [-0.39, 0.29) is 10.8 Å². The van der Waals surface area contributed by atoms with E-state index in [0.29, 0.717) is 32.8 Å². The summed E-state index contributed by atoms with van der Waals surface area (Å²) in [7, 11) is -3.56. The lowest BCUT2D eigenvalue weighted by Gasteiger charge is -2.33. The monoisotopic (exact) mass is 376 g/mol. The molecule has 7 heteroatoms. The molecule has 1 aliphatic rings. The van der Waals surface area contributed by atoms with Crippen LogP contribution in [-0.2, 0) is 14.8 Å². The molecule has 1 aliphatic heterocycles. The highest BCUT2D eigenvalue weighted by atomic mass is 32.2. The van der Waals surface area contributed by atoms with Crippen LogP contribution in [0.3, 0.4) is 0 Å². The van der Waals surface area contributed by atoms with Gasteiger partial charge in [-0.2, -0.15) is 4.31 Å². The molecule has 1 saturated heterocycles. The first-order valence-corrected chi connectivity index (χ1v) is 10.3. The Balaban J connectivity index is 1.81. The molecule has 0 aromatic heterocycles. The lowest BCUT2D eigenvalue weighted by molar-refractivity contribution is -0.129. The molecule has 2 aromatic carbocycles. The molecular formula is C19H24N2O4S. The Kier molecular flexibility index (Phi) is 5.48. The summed E-state index contributed by atoms with van der Waals surface area (Å²) in [5, 5.41) is 1.80. The molecule has 1 amide bonds. The summed E-state index contributed by atoms with van der Waals surface area (Å²) >= 11 is 0. The fourth-order valence-electron chi connectivity index (χ4n) is 3.06. The van der Waals surface area contributed by atoms with Gasteiger partial charge in [0.1, 0.15) is 5.75 Å². The SMILES string of the molecule is CCCOc1ccc2cc(S(=O)(=O)N3CCN(C(C)=O)CC3)ccc2c1. The molecular weight excluding hydrogens is 352 g/mol. The fourth-order valence-corrected chi connectivity index (χ4v) is 4.52. The van der Waals surface area contributed by atoms with E-state index in [2.05, 4.69) is 6.92 Å². The maximum atomic E-state index is 12.9. The highest BCUT2D eigenvalue weighted by molar-refractivity contribution is 7.89. The first-order valence-electron chi connectivity index (χ1n) is 8.84. The zero-order valence-corrected chi connectivity index (χ0v) is 16.0. The number of carbonyl (C=O) groups is 1. The Hall–Kier alpha value is -2.12. The minimum absolute atomic E-state index is 0.0196. The Labute approximate surface area is 154 Å². The number of piperazine rings is 1. The third kappa shape index (κ3) is 3.83. The number of benzene rings is 2. The minimum atomic E-state index is -3.56. The highest BCUT2D eigenvalue weighted by Gasteiger charge is 2.29. The summed E-state index contributed by atoms with van der Waals surface area (Å²) in [6, 6.07) is 10.8. The average molecular weight is 376 g/mol. The lowest BCUT2D eigenvalue weighted by Crippen LogP contribution is -2.49. The lowest BCUT2D eigenvalue weighted by atomic mass is 10.1. The van der Waals surface area contributed by atoms with Crippen LogP contribution in [0.4, 0.5) is 0 Å². The topological polar surface area (TPSA) is 66.9 Å². The zero-order chi connectivity index (χ0) is 18.7. The number of ether oxygens (including phenoxy) is 1. The second-order valence-electron chi connectivity index (χ2n) is 6.43. The highest BCUT2D eigenvalue weighted by Crippen LogP contribution is 2.26. The summed E-state index contributed by atoms with van der Waals surface area (Å²) in [6.45, 7) is 5.72. The van der Waals surface area contributed by atoms with Gasteiger partial charge in [-0.15, -0.1) is 0 Å². The number of carbonyl (C=O) groups excluding carboxylic acids is 1. The molecule has 0 saturated carbocycles. The third-order valence-corrected chi connectivity index (χ3v) is 6.47. The number of hydrogen-bond donors (Lipinski definition) is 0. The number of sulfonamides is 1. The normalized spacial score (nSPS) is 16.0. The van der Waals surface area contributed by atoms with Crippen molar-refractivity contribution >= 4 is 26.7 Å². The van der Waals surface area contributed by atoms with Gasteiger partial charge in [0.25, 0.3) is 0 Å². The Bertz CT molecular complexity index is 903. The maximum absolute atomic E-state index is 12.9. The summed E-state index contributed by atoms with van der Waals surface area (Å²) in [6.07, 6.45) is 0.937. The molecule has 140 valence electrons. The summed E-state index contributed by atoms with van der Waals surface area (Å²) in [5.41, 5.74) is 0. The van der Waals surface area contributed by atoms with Crippen molar-refractivity contribution in [3.63, 3.8) is 0 Å². The van der Waals surface area contributed by atoms with Crippen LogP contribution in [-0.4, -0.2) is 56.3 Å². The molecule has 26 heavy (non-hydrogen) atoms. The van der Waals surface area contributed by atoms with Crippen molar-refractivity contribution in [3.8, 4) is 5.75 Å². The van der Waals surface area contributed by atoms with Crippen molar-refractivity contribution in [1.29, 1.82) is 0 Å². The zero-order valence-electron chi connectivity index (χ0n) is 15.1. The molecule has 1 fully saturated rings. The standard InChI is InChI=1S/C19H24N2O4S/c1-3-12-25-18-6-4-17-14-19(7-5-16(17)13-18)26(23,24)21-10-8-20(9-11-21)15(2)22/h4-7,13-14H,3,8-12H2,1-2H3. The Morgan fingerprint density at radius 2 is 1.69 bits per heavy atom. The summed E-state index contributed by atoms with van der Waals surface area (Å²) in [5.74, 6) is 0.768. The molecule has 6 nitrogen and oxygen atoms in total. The van der Waals surface area contributed by atoms with Gasteiger partial charge in [-0.1, -0.05) is 19.1 Å². The van der Waals surface area contributed by atoms with Gasteiger partial charge in [-0.25, -0.2) is 8.42 Å². The molecule has 0 radical (unpaired) electrons. The number of rotatable bonds is 5. The summed E-state index contributed by atoms with van der Waals surface area (Å²) < 4.78 is 32.9. The van der Waals surface area contributed by atoms with Crippen LogP contribution in [0.2, 0.25) is 0 Å². The number of fused-ring (bicyclic) bond motifs is 1. The van der Waals surface area contributed by atoms with Gasteiger partial charge in [0.15, 0.2) is 0 Å². The second kappa shape index (κ2) is 7.63. The van der Waals surface area contributed by atoms with Crippen molar-refractivity contribution in [2.45, 2.75) is 25.2 Å². The second-order valence-corrected chi connectivity index (χ2v) is 8.37. The van der Waals surface area contributed by atoms with Gasteiger partial charge in [-0.05, 0) is 41.5 Å².